The number of hydrogen-bond acceptors (Lipinski definition) is 1. The van der Waals surface area contributed by atoms with E-state index in [0.717, 1.165) is 32.3 Å². The second-order valence-corrected chi connectivity index (χ2v) is 5.35. The Hall–Kier alpha value is -1.60. The standard InChI is InChI=1S/C18H20O.C2H6/c1-19-13-18-12-16-7-6-14-2-4-15(5-3-14)8-10-17(18)11-9-16;1-2/h2-5,9,11-12H,6-8,10,13H2,1H3;1-2H3. The first-order valence-corrected chi connectivity index (χ1v) is 8.02. The van der Waals surface area contributed by atoms with Gasteiger partial charge in [0.05, 0.1) is 6.61 Å². The number of benzene rings is 2. The third-order valence-corrected chi connectivity index (χ3v) is 3.98. The van der Waals surface area contributed by atoms with Gasteiger partial charge in [-0.2, -0.15) is 0 Å². The van der Waals surface area contributed by atoms with Crippen LogP contribution in [0.4, 0.5) is 0 Å². The van der Waals surface area contributed by atoms with Crippen molar-refractivity contribution >= 4 is 0 Å². The maximum atomic E-state index is 5.34. The van der Waals surface area contributed by atoms with Gasteiger partial charge in [-0.15, -0.1) is 0 Å². The van der Waals surface area contributed by atoms with Gasteiger partial charge in [0.15, 0.2) is 0 Å². The minimum absolute atomic E-state index is 0.723. The second kappa shape index (κ2) is 7.99. The zero-order valence-electron chi connectivity index (χ0n) is 13.5. The molecule has 2 aromatic carbocycles. The molecule has 4 bridgehead atoms. The summed E-state index contributed by atoms with van der Waals surface area (Å²) in [7, 11) is 1.78. The Morgan fingerprint density at radius 3 is 1.90 bits per heavy atom. The largest absolute Gasteiger partial charge is 0.380 e. The predicted molar refractivity (Wildman–Crippen MR) is 89.8 cm³/mol. The summed E-state index contributed by atoms with van der Waals surface area (Å²) in [6.07, 6.45) is 4.43. The van der Waals surface area contributed by atoms with Crippen LogP contribution in [0.2, 0.25) is 0 Å². The molecule has 0 unspecified atom stereocenters. The summed E-state index contributed by atoms with van der Waals surface area (Å²) < 4.78 is 5.34. The zero-order chi connectivity index (χ0) is 15.1. The Labute approximate surface area is 129 Å². The molecule has 1 nitrogen and oxygen atoms in total. The highest BCUT2D eigenvalue weighted by molar-refractivity contribution is 5.34. The van der Waals surface area contributed by atoms with Crippen molar-refractivity contribution in [1.29, 1.82) is 0 Å². The van der Waals surface area contributed by atoms with Crippen molar-refractivity contribution in [2.24, 2.45) is 0 Å². The van der Waals surface area contributed by atoms with Crippen LogP contribution in [0, 0.1) is 0 Å². The van der Waals surface area contributed by atoms with E-state index >= 15 is 0 Å². The fourth-order valence-corrected chi connectivity index (χ4v) is 2.81. The molecule has 112 valence electrons. The highest BCUT2D eigenvalue weighted by Crippen LogP contribution is 2.19. The molecular weight excluding hydrogens is 256 g/mol. The van der Waals surface area contributed by atoms with Crippen LogP contribution in [0.5, 0.6) is 0 Å². The average Bonchev–Trinajstić information content (AvgIpc) is 2.53. The van der Waals surface area contributed by atoms with Crippen LogP contribution < -0.4 is 0 Å². The number of hydrogen-bond donors (Lipinski definition) is 0. The molecule has 0 fully saturated rings. The normalized spacial score (nSPS) is 13.1. The molecular formula is C20H26O. The molecule has 0 amide bonds. The summed E-state index contributed by atoms with van der Waals surface area (Å²) >= 11 is 0. The van der Waals surface area contributed by atoms with E-state index in [1.165, 1.54) is 27.8 Å². The Kier molecular flexibility index (Phi) is 6.01. The zero-order valence-corrected chi connectivity index (χ0v) is 13.5. The Balaban J connectivity index is 0.000000774. The molecule has 0 saturated carbocycles. The van der Waals surface area contributed by atoms with E-state index in [0.29, 0.717) is 0 Å². The fraction of sp³-hybridized carbons (Fsp3) is 0.400. The van der Waals surface area contributed by atoms with Gasteiger partial charge in [0.1, 0.15) is 0 Å². The van der Waals surface area contributed by atoms with E-state index in [4.69, 9.17) is 4.74 Å². The Morgan fingerprint density at radius 2 is 1.29 bits per heavy atom. The lowest BCUT2D eigenvalue weighted by molar-refractivity contribution is 0.184. The van der Waals surface area contributed by atoms with Crippen molar-refractivity contribution in [1.82, 2.24) is 0 Å². The Bertz CT molecular complexity index is 555. The molecule has 0 spiro atoms. The molecule has 0 aromatic heterocycles. The maximum absolute atomic E-state index is 5.34. The average molecular weight is 282 g/mol. The summed E-state index contributed by atoms with van der Waals surface area (Å²) in [5.41, 5.74) is 7.06. The molecule has 0 aliphatic heterocycles. The van der Waals surface area contributed by atoms with Crippen LogP contribution >= 0.6 is 0 Å². The van der Waals surface area contributed by atoms with Gasteiger partial charge in [0.25, 0.3) is 0 Å². The smallest absolute Gasteiger partial charge is 0.0715 e. The van der Waals surface area contributed by atoms with Crippen LogP contribution in [0.15, 0.2) is 42.5 Å². The van der Waals surface area contributed by atoms with Crippen LogP contribution in [0.3, 0.4) is 0 Å². The minimum atomic E-state index is 0.723. The van der Waals surface area contributed by atoms with Gasteiger partial charge < -0.3 is 4.74 Å². The quantitative estimate of drug-likeness (QED) is 0.773. The Morgan fingerprint density at radius 1 is 0.762 bits per heavy atom. The lowest BCUT2D eigenvalue weighted by Gasteiger charge is -2.14. The van der Waals surface area contributed by atoms with Gasteiger partial charge in [-0.25, -0.2) is 0 Å². The highest BCUT2D eigenvalue weighted by atomic mass is 16.5. The topological polar surface area (TPSA) is 9.23 Å². The van der Waals surface area contributed by atoms with Crippen LogP contribution in [0.25, 0.3) is 0 Å². The molecule has 0 N–H and O–H groups in total. The summed E-state index contributed by atoms with van der Waals surface area (Å²) in [4.78, 5) is 0. The van der Waals surface area contributed by atoms with E-state index in [1.807, 2.05) is 13.8 Å². The number of ether oxygens (including phenoxy) is 1. The SMILES string of the molecule is CC.COCc1cc2ccc1CCc1ccc(cc1)CC2. The molecule has 1 heteroatoms. The van der Waals surface area contributed by atoms with Gasteiger partial charge in [-0.1, -0.05) is 56.3 Å². The van der Waals surface area contributed by atoms with E-state index in [-0.39, 0.29) is 0 Å². The second-order valence-electron chi connectivity index (χ2n) is 5.35. The summed E-state index contributed by atoms with van der Waals surface area (Å²) in [5.74, 6) is 0. The molecule has 0 heterocycles. The molecule has 0 radical (unpaired) electrons. The summed E-state index contributed by atoms with van der Waals surface area (Å²) in [6, 6.07) is 16.0. The third-order valence-electron chi connectivity index (χ3n) is 3.98. The first kappa shape index (κ1) is 15.8. The van der Waals surface area contributed by atoms with Gasteiger partial charge in [-0.05, 0) is 53.5 Å². The van der Waals surface area contributed by atoms with Crippen molar-refractivity contribution in [2.45, 2.75) is 46.1 Å². The van der Waals surface area contributed by atoms with Crippen LogP contribution in [-0.2, 0) is 37.0 Å². The van der Waals surface area contributed by atoms with Crippen LogP contribution in [-0.4, -0.2) is 7.11 Å². The lowest BCUT2D eigenvalue weighted by atomic mass is 9.93. The summed E-state index contributed by atoms with van der Waals surface area (Å²) in [5, 5.41) is 0. The molecule has 0 atom stereocenters. The van der Waals surface area contributed by atoms with E-state index in [9.17, 15) is 0 Å². The van der Waals surface area contributed by atoms with Gasteiger partial charge in [0, 0.05) is 7.11 Å². The highest BCUT2D eigenvalue weighted by Gasteiger charge is 2.07. The van der Waals surface area contributed by atoms with Crippen molar-refractivity contribution in [3.05, 3.63) is 70.3 Å². The predicted octanol–water partition coefficient (Wildman–Crippen LogP) is 4.74. The monoisotopic (exact) mass is 282 g/mol. The molecule has 4 aliphatic rings. The van der Waals surface area contributed by atoms with Crippen molar-refractivity contribution < 1.29 is 4.74 Å². The van der Waals surface area contributed by atoms with Gasteiger partial charge >= 0.3 is 0 Å². The third kappa shape index (κ3) is 4.18. The minimum Gasteiger partial charge on any atom is -0.380 e. The molecule has 21 heavy (non-hydrogen) atoms. The number of rotatable bonds is 2. The molecule has 0 saturated heterocycles. The van der Waals surface area contributed by atoms with E-state index in [2.05, 4.69) is 42.5 Å². The molecule has 2 aromatic rings. The molecule has 6 rings (SSSR count). The van der Waals surface area contributed by atoms with E-state index in [1.54, 1.807) is 7.11 Å². The first-order valence-electron chi connectivity index (χ1n) is 8.02. The fourth-order valence-electron chi connectivity index (χ4n) is 2.81. The van der Waals surface area contributed by atoms with Crippen molar-refractivity contribution in [3.63, 3.8) is 0 Å². The van der Waals surface area contributed by atoms with Gasteiger partial charge in [0.2, 0.25) is 0 Å². The van der Waals surface area contributed by atoms with Crippen LogP contribution in [0.1, 0.15) is 41.7 Å². The lowest BCUT2D eigenvalue weighted by Crippen LogP contribution is -2.02. The van der Waals surface area contributed by atoms with Crippen molar-refractivity contribution in [2.75, 3.05) is 7.11 Å². The number of methoxy groups -OCH3 is 1. The van der Waals surface area contributed by atoms with E-state index < -0.39 is 0 Å². The van der Waals surface area contributed by atoms with Crippen molar-refractivity contribution in [3.8, 4) is 0 Å². The van der Waals surface area contributed by atoms with Gasteiger partial charge in [-0.3, -0.25) is 0 Å². The number of aryl methyl sites for hydroxylation is 4. The first-order chi connectivity index (χ1) is 10.3. The molecule has 4 aliphatic carbocycles. The maximum Gasteiger partial charge on any atom is 0.0715 e. The summed E-state index contributed by atoms with van der Waals surface area (Å²) in [6.45, 7) is 4.72.